The zero-order valence-electron chi connectivity index (χ0n) is 25.7. The molecule has 1 atom stereocenters. The second-order valence-electron chi connectivity index (χ2n) is 11.2. The number of allylic oxidation sites excluding steroid dienone is 1. The first-order chi connectivity index (χ1) is 23.2. The second kappa shape index (κ2) is 12.8. The highest BCUT2D eigenvalue weighted by atomic mass is 32.2. The Kier molecular flexibility index (Phi) is 8.19. The fourth-order valence-electron chi connectivity index (χ4n) is 5.68. The minimum absolute atomic E-state index is 0.0475. The van der Waals surface area contributed by atoms with E-state index in [1.54, 1.807) is 6.07 Å². The van der Waals surface area contributed by atoms with Gasteiger partial charge in [-0.05, 0) is 97.5 Å². The second-order valence-corrected chi connectivity index (χ2v) is 12.9. The van der Waals surface area contributed by atoms with Crippen molar-refractivity contribution in [2.45, 2.75) is 37.2 Å². The molecule has 0 fully saturated rings. The first-order valence-corrected chi connectivity index (χ1v) is 16.7. The predicted molar refractivity (Wildman–Crippen MR) is 178 cm³/mol. The van der Waals surface area contributed by atoms with E-state index in [0.29, 0.717) is 40.1 Å². The van der Waals surface area contributed by atoms with Gasteiger partial charge in [-0.2, -0.15) is 0 Å². The number of amides is 1. The number of fused-ring (bicyclic) bond motifs is 3. The number of pyridine rings is 1. The quantitative estimate of drug-likeness (QED) is 0.200. The molecule has 242 valence electrons. The number of nitrogens with zero attached hydrogens (tertiary/aromatic N) is 3. The van der Waals surface area contributed by atoms with E-state index < -0.39 is 28.0 Å². The maximum Gasteiger partial charge on any atom is 0.339 e. The number of ether oxygens (including phenoxy) is 3. The van der Waals surface area contributed by atoms with Crippen molar-refractivity contribution in [1.82, 2.24) is 15.0 Å². The summed E-state index contributed by atoms with van der Waals surface area (Å²) in [6, 6.07) is 20.2. The Morgan fingerprint density at radius 1 is 0.938 bits per heavy atom. The van der Waals surface area contributed by atoms with Crippen molar-refractivity contribution in [3.05, 3.63) is 108 Å². The SMILES string of the molecule is CC(OC(=O)c1c2c(nc3ccccc13)/C(=C\c1ccc3c(c1)OCO3)CCC2)C(=O)Nc1ccc(S(=O)(=O)Nc2ncccn2)cc1. The van der Waals surface area contributed by atoms with Crippen molar-refractivity contribution >= 4 is 56.1 Å². The third kappa shape index (κ3) is 6.27. The Bertz CT molecular complexity index is 2190. The van der Waals surface area contributed by atoms with Crippen LogP contribution in [0.1, 0.15) is 46.9 Å². The Labute approximate surface area is 275 Å². The minimum Gasteiger partial charge on any atom is -0.454 e. The highest BCUT2D eigenvalue weighted by Crippen LogP contribution is 2.38. The molecule has 1 unspecified atom stereocenters. The molecule has 0 spiro atoms. The van der Waals surface area contributed by atoms with E-state index in [9.17, 15) is 18.0 Å². The average molecular weight is 664 g/mol. The highest BCUT2D eigenvalue weighted by molar-refractivity contribution is 7.92. The highest BCUT2D eigenvalue weighted by Gasteiger charge is 2.28. The van der Waals surface area contributed by atoms with Crippen molar-refractivity contribution in [1.29, 1.82) is 0 Å². The molecular formula is C35H29N5O7S. The minimum atomic E-state index is -3.95. The number of para-hydroxylation sites is 1. The number of carbonyl (C=O) groups is 2. The smallest absolute Gasteiger partial charge is 0.339 e. The third-order valence-electron chi connectivity index (χ3n) is 7.99. The molecule has 1 aliphatic heterocycles. The molecule has 2 N–H and O–H groups in total. The van der Waals surface area contributed by atoms with Crippen molar-refractivity contribution in [2.24, 2.45) is 0 Å². The van der Waals surface area contributed by atoms with Gasteiger partial charge in [0.25, 0.3) is 15.9 Å². The lowest BCUT2D eigenvalue weighted by Gasteiger charge is -2.23. The topological polar surface area (TPSA) is 159 Å². The number of rotatable bonds is 8. The standard InChI is InChI=1S/C35H29N5O7S/c1-21(33(41)38-24-11-13-25(14-12-24)48(43,44)40-35-36-16-5-17-37-35)47-34(42)31-26-7-2-3-9-28(26)39-32-23(6-4-8-27(31)32)18-22-10-15-29-30(19-22)46-20-45-29/h2-3,5,7,9-19,21H,4,6,8,20H2,1H3,(H,38,41)(H,36,37,40)/b23-18-. The van der Waals surface area contributed by atoms with E-state index in [1.165, 1.54) is 43.6 Å². The molecule has 2 aliphatic rings. The van der Waals surface area contributed by atoms with Crippen LogP contribution in [0.3, 0.4) is 0 Å². The summed E-state index contributed by atoms with van der Waals surface area (Å²) < 4.78 is 44.4. The molecular weight excluding hydrogens is 634 g/mol. The molecule has 3 heterocycles. The molecule has 2 aromatic heterocycles. The van der Waals surface area contributed by atoms with Crippen LogP contribution in [0.25, 0.3) is 22.6 Å². The molecule has 0 saturated carbocycles. The first kappa shape index (κ1) is 30.8. The van der Waals surface area contributed by atoms with Crippen molar-refractivity contribution in [3.8, 4) is 11.5 Å². The Morgan fingerprint density at radius 2 is 1.71 bits per heavy atom. The van der Waals surface area contributed by atoms with Gasteiger partial charge in [-0.15, -0.1) is 0 Å². The monoisotopic (exact) mass is 663 g/mol. The lowest BCUT2D eigenvalue weighted by atomic mass is 9.86. The van der Waals surface area contributed by atoms with Gasteiger partial charge < -0.3 is 19.5 Å². The summed E-state index contributed by atoms with van der Waals surface area (Å²) in [7, 11) is -3.95. The number of anilines is 2. The van der Waals surface area contributed by atoms with Gasteiger partial charge in [-0.3, -0.25) is 4.79 Å². The van der Waals surface area contributed by atoms with Crippen LogP contribution in [0.2, 0.25) is 0 Å². The van der Waals surface area contributed by atoms with E-state index in [1.807, 2.05) is 42.5 Å². The Hall–Kier alpha value is -5.82. The normalized spacial score (nSPS) is 15.1. The number of benzene rings is 3. The molecule has 0 saturated heterocycles. The summed E-state index contributed by atoms with van der Waals surface area (Å²) in [5.41, 5.74) is 4.76. The number of esters is 1. The fraction of sp³-hybridized carbons (Fsp3) is 0.171. The van der Waals surface area contributed by atoms with E-state index >= 15 is 0 Å². The van der Waals surface area contributed by atoms with Gasteiger partial charge >= 0.3 is 5.97 Å². The van der Waals surface area contributed by atoms with E-state index in [-0.39, 0.29) is 17.6 Å². The van der Waals surface area contributed by atoms with Crippen molar-refractivity contribution < 1.29 is 32.2 Å². The third-order valence-corrected chi connectivity index (χ3v) is 9.33. The number of nitrogens with one attached hydrogen (secondary N) is 2. The summed E-state index contributed by atoms with van der Waals surface area (Å²) in [6.45, 7) is 1.67. The van der Waals surface area contributed by atoms with Gasteiger partial charge in [0.15, 0.2) is 17.6 Å². The lowest BCUT2D eigenvalue weighted by molar-refractivity contribution is -0.123. The van der Waals surface area contributed by atoms with Crippen molar-refractivity contribution in [3.63, 3.8) is 0 Å². The van der Waals surface area contributed by atoms with Crippen LogP contribution in [0.4, 0.5) is 11.6 Å². The van der Waals surface area contributed by atoms with Crippen molar-refractivity contribution in [2.75, 3.05) is 16.8 Å². The summed E-state index contributed by atoms with van der Waals surface area (Å²) in [5, 5.41) is 3.32. The number of sulfonamides is 1. The zero-order valence-corrected chi connectivity index (χ0v) is 26.5. The molecule has 1 amide bonds. The molecule has 5 aromatic rings. The average Bonchev–Trinajstić information content (AvgIpc) is 3.56. The van der Waals surface area contributed by atoms with Crippen LogP contribution in [-0.4, -0.2) is 48.1 Å². The number of hydrogen-bond donors (Lipinski definition) is 2. The number of hydrogen-bond acceptors (Lipinski definition) is 10. The molecule has 3 aromatic carbocycles. The molecule has 48 heavy (non-hydrogen) atoms. The molecule has 7 rings (SSSR count). The maximum absolute atomic E-state index is 13.8. The van der Waals surface area contributed by atoms with Gasteiger partial charge in [0.1, 0.15) is 0 Å². The molecule has 12 nitrogen and oxygen atoms in total. The van der Waals surface area contributed by atoms with Crippen LogP contribution < -0.4 is 19.5 Å². The predicted octanol–water partition coefficient (Wildman–Crippen LogP) is 5.62. The van der Waals surface area contributed by atoms with E-state index in [0.717, 1.165) is 35.2 Å². The van der Waals surface area contributed by atoms with Gasteiger partial charge in [0.05, 0.1) is 21.7 Å². The van der Waals surface area contributed by atoms with Gasteiger partial charge in [0, 0.05) is 23.5 Å². The van der Waals surface area contributed by atoms with E-state index in [2.05, 4.69) is 26.1 Å². The Morgan fingerprint density at radius 3 is 2.52 bits per heavy atom. The molecule has 0 bridgehead atoms. The molecule has 0 radical (unpaired) electrons. The Balaban J connectivity index is 1.10. The number of aromatic nitrogens is 3. The lowest BCUT2D eigenvalue weighted by Crippen LogP contribution is -2.30. The summed E-state index contributed by atoms with van der Waals surface area (Å²) in [5.74, 6) is 0.105. The fourth-order valence-corrected chi connectivity index (χ4v) is 6.64. The summed E-state index contributed by atoms with van der Waals surface area (Å²) >= 11 is 0. The van der Waals surface area contributed by atoms with Crippen LogP contribution in [-0.2, 0) is 26.0 Å². The van der Waals surface area contributed by atoms with Gasteiger partial charge in [0.2, 0.25) is 12.7 Å². The summed E-state index contributed by atoms with van der Waals surface area (Å²) in [4.78, 5) is 39.6. The van der Waals surface area contributed by atoms with E-state index in [4.69, 9.17) is 19.2 Å². The molecule has 1 aliphatic carbocycles. The van der Waals surface area contributed by atoms with Crippen LogP contribution in [0.15, 0.2) is 90.1 Å². The van der Waals surface area contributed by atoms with Crippen LogP contribution in [0, 0.1) is 0 Å². The van der Waals surface area contributed by atoms with Crippen LogP contribution >= 0.6 is 0 Å². The molecule has 13 heteroatoms. The zero-order chi connectivity index (χ0) is 33.3. The number of carbonyl (C=O) groups excluding carboxylic acids is 2. The summed E-state index contributed by atoms with van der Waals surface area (Å²) in [6.07, 6.45) is 5.93. The van der Waals surface area contributed by atoms with Gasteiger partial charge in [-0.1, -0.05) is 24.3 Å². The van der Waals surface area contributed by atoms with Crippen LogP contribution in [0.5, 0.6) is 11.5 Å². The van der Waals surface area contributed by atoms with Gasteiger partial charge in [-0.25, -0.2) is 32.9 Å². The first-order valence-electron chi connectivity index (χ1n) is 15.2. The largest absolute Gasteiger partial charge is 0.454 e. The maximum atomic E-state index is 13.8.